The molecule has 4 nitrogen and oxygen atoms in total. The van der Waals surface area contributed by atoms with Gasteiger partial charge in [-0.1, -0.05) is 17.7 Å². The van der Waals surface area contributed by atoms with Gasteiger partial charge in [0.1, 0.15) is 5.75 Å². The second-order valence-corrected chi connectivity index (χ2v) is 5.65. The molecule has 1 N–H and O–H groups in total. The number of benzene rings is 1. The third kappa shape index (κ3) is 2.46. The predicted octanol–water partition coefficient (Wildman–Crippen LogP) is 1.38. The lowest BCUT2D eigenvalue weighted by Crippen LogP contribution is -2.62. The van der Waals surface area contributed by atoms with Crippen LogP contribution in [-0.2, 0) is 0 Å². The zero-order chi connectivity index (χ0) is 13.4. The molecule has 0 aromatic heterocycles. The number of halogens is 1. The molecular weight excluding hydrogens is 264 g/mol. The highest BCUT2D eigenvalue weighted by Gasteiger charge is 2.36. The Kier molecular flexibility index (Phi) is 3.67. The van der Waals surface area contributed by atoms with Gasteiger partial charge >= 0.3 is 0 Å². The lowest BCUT2D eigenvalue weighted by atomic mass is 9.96. The monoisotopic (exact) mass is 282 g/mol. The zero-order valence-electron chi connectivity index (χ0n) is 11.1. The van der Waals surface area contributed by atoms with E-state index in [1.165, 1.54) is 0 Å². The summed E-state index contributed by atoms with van der Waals surface area (Å²) in [5.74, 6) is 0.620. The molecule has 0 aliphatic carbocycles. The maximum Gasteiger partial charge on any atom is 0.137 e. The van der Waals surface area contributed by atoms with E-state index < -0.39 is 6.10 Å². The van der Waals surface area contributed by atoms with Gasteiger partial charge in [-0.2, -0.15) is 0 Å². The SMILES string of the molecule is COc1cc(C(O)C2CN3CCN2CC3)ccc1Cl. The Bertz CT molecular complexity index is 461. The molecule has 19 heavy (non-hydrogen) atoms. The van der Waals surface area contributed by atoms with E-state index >= 15 is 0 Å². The quantitative estimate of drug-likeness (QED) is 0.909. The first-order valence-electron chi connectivity index (χ1n) is 6.67. The molecule has 104 valence electrons. The number of aliphatic hydroxyl groups excluding tert-OH is 1. The van der Waals surface area contributed by atoms with Gasteiger partial charge in [0.2, 0.25) is 0 Å². The van der Waals surface area contributed by atoms with Crippen molar-refractivity contribution in [2.75, 3.05) is 39.8 Å². The Balaban J connectivity index is 1.81. The molecule has 3 fully saturated rings. The Morgan fingerprint density at radius 3 is 2.63 bits per heavy atom. The molecule has 0 spiro atoms. The van der Waals surface area contributed by atoms with E-state index in [2.05, 4.69) is 9.80 Å². The van der Waals surface area contributed by atoms with Gasteiger partial charge in [-0.25, -0.2) is 0 Å². The normalized spacial score (nSPS) is 31.2. The van der Waals surface area contributed by atoms with Crippen LogP contribution in [0.1, 0.15) is 11.7 Å². The van der Waals surface area contributed by atoms with Gasteiger partial charge in [0.05, 0.1) is 24.3 Å². The van der Waals surface area contributed by atoms with Crippen LogP contribution in [0.4, 0.5) is 0 Å². The number of rotatable bonds is 3. The van der Waals surface area contributed by atoms with Gasteiger partial charge in [0, 0.05) is 32.7 Å². The minimum absolute atomic E-state index is 0.174. The van der Waals surface area contributed by atoms with Gasteiger partial charge in [0.25, 0.3) is 0 Å². The van der Waals surface area contributed by atoms with Crippen LogP contribution in [0.25, 0.3) is 0 Å². The summed E-state index contributed by atoms with van der Waals surface area (Å²) < 4.78 is 5.22. The fraction of sp³-hybridized carbons (Fsp3) is 0.571. The molecule has 1 aromatic rings. The molecule has 0 saturated carbocycles. The van der Waals surface area contributed by atoms with Crippen molar-refractivity contribution in [2.45, 2.75) is 12.1 Å². The molecule has 2 bridgehead atoms. The summed E-state index contributed by atoms with van der Waals surface area (Å²) in [6.45, 7) is 5.27. The van der Waals surface area contributed by atoms with Gasteiger partial charge in [-0.3, -0.25) is 9.80 Å². The lowest BCUT2D eigenvalue weighted by Gasteiger charge is -2.49. The molecule has 2 unspecified atom stereocenters. The molecule has 3 aliphatic heterocycles. The standard InChI is InChI=1S/C14H19ClN2O2/c1-19-13-8-10(2-3-11(13)15)14(18)12-9-16-4-6-17(12)7-5-16/h2-3,8,12,14,18H,4-7,9H2,1H3. The summed E-state index contributed by atoms with van der Waals surface area (Å²) >= 11 is 6.02. The lowest BCUT2D eigenvalue weighted by molar-refractivity contribution is -0.0470. The molecule has 1 aromatic carbocycles. The number of methoxy groups -OCH3 is 1. The largest absolute Gasteiger partial charge is 0.495 e. The first kappa shape index (κ1) is 13.2. The molecule has 3 saturated heterocycles. The van der Waals surface area contributed by atoms with E-state index in [1.807, 2.05) is 12.1 Å². The predicted molar refractivity (Wildman–Crippen MR) is 74.8 cm³/mol. The van der Waals surface area contributed by atoms with Gasteiger partial charge < -0.3 is 9.84 Å². The smallest absolute Gasteiger partial charge is 0.137 e. The molecule has 0 radical (unpaired) electrons. The fourth-order valence-corrected chi connectivity index (χ4v) is 3.23. The number of nitrogens with zero attached hydrogens (tertiary/aromatic N) is 2. The number of hydrogen-bond donors (Lipinski definition) is 1. The van der Waals surface area contributed by atoms with Gasteiger partial charge in [-0.15, -0.1) is 0 Å². The number of fused-ring (bicyclic) bond motifs is 3. The van der Waals surface area contributed by atoms with E-state index in [-0.39, 0.29) is 6.04 Å². The summed E-state index contributed by atoms with van der Waals surface area (Å²) in [5, 5.41) is 11.2. The van der Waals surface area contributed by atoms with Crippen LogP contribution in [0.5, 0.6) is 5.75 Å². The summed E-state index contributed by atoms with van der Waals surface area (Å²) in [6, 6.07) is 5.68. The Hall–Kier alpha value is -0.810. The van der Waals surface area contributed by atoms with Crippen molar-refractivity contribution in [1.82, 2.24) is 9.80 Å². The van der Waals surface area contributed by atoms with Crippen LogP contribution in [-0.4, -0.2) is 60.8 Å². The van der Waals surface area contributed by atoms with Crippen molar-refractivity contribution in [1.29, 1.82) is 0 Å². The summed E-state index contributed by atoms with van der Waals surface area (Å²) in [4.78, 5) is 4.80. The van der Waals surface area contributed by atoms with Crippen molar-refractivity contribution >= 4 is 11.6 Å². The van der Waals surface area contributed by atoms with Crippen LogP contribution in [0.3, 0.4) is 0 Å². The van der Waals surface area contributed by atoms with Crippen molar-refractivity contribution in [3.8, 4) is 5.75 Å². The average Bonchev–Trinajstić information content (AvgIpc) is 2.48. The number of piperazine rings is 3. The van der Waals surface area contributed by atoms with Crippen LogP contribution in [0.15, 0.2) is 18.2 Å². The van der Waals surface area contributed by atoms with E-state index in [0.29, 0.717) is 10.8 Å². The second kappa shape index (κ2) is 5.29. The molecular formula is C14H19ClN2O2. The second-order valence-electron chi connectivity index (χ2n) is 5.24. The third-order valence-electron chi connectivity index (χ3n) is 4.20. The molecule has 3 heterocycles. The maximum atomic E-state index is 10.6. The molecule has 0 amide bonds. The number of aliphatic hydroxyl groups is 1. The number of hydrogen-bond acceptors (Lipinski definition) is 4. The van der Waals surface area contributed by atoms with Gasteiger partial charge in [-0.05, 0) is 17.7 Å². The highest BCUT2D eigenvalue weighted by Crippen LogP contribution is 2.32. The highest BCUT2D eigenvalue weighted by molar-refractivity contribution is 6.32. The highest BCUT2D eigenvalue weighted by atomic mass is 35.5. The zero-order valence-corrected chi connectivity index (χ0v) is 11.8. The topological polar surface area (TPSA) is 35.9 Å². The fourth-order valence-electron chi connectivity index (χ4n) is 3.04. The van der Waals surface area contributed by atoms with E-state index in [1.54, 1.807) is 13.2 Å². The van der Waals surface area contributed by atoms with Crippen LogP contribution < -0.4 is 4.74 Å². The van der Waals surface area contributed by atoms with Crippen molar-refractivity contribution in [2.24, 2.45) is 0 Å². The van der Waals surface area contributed by atoms with Crippen LogP contribution in [0.2, 0.25) is 5.02 Å². The molecule has 2 atom stereocenters. The van der Waals surface area contributed by atoms with Gasteiger partial charge in [0.15, 0.2) is 0 Å². The van der Waals surface area contributed by atoms with E-state index in [9.17, 15) is 5.11 Å². The third-order valence-corrected chi connectivity index (χ3v) is 4.51. The molecule has 4 rings (SSSR count). The first-order valence-corrected chi connectivity index (χ1v) is 7.05. The molecule has 5 heteroatoms. The maximum absolute atomic E-state index is 10.6. The molecule has 3 aliphatic rings. The minimum atomic E-state index is -0.491. The average molecular weight is 283 g/mol. The van der Waals surface area contributed by atoms with Crippen molar-refractivity contribution < 1.29 is 9.84 Å². The summed E-state index contributed by atoms with van der Waals surface area (Å²) in [7, 11) is 1.59. The van der Waals surface area contributed by atoms with Crippen molar-refractivity contribution in [3.05, 3.63) is 28.8 Å². The Morgan fingerprint density at radius 1 is 1.32 bits per heavy atom. The van der Waals surface area contributed by atoms with E-state index in [4.69, 9.17) is 16.3 Å². The van der Waals surface area contributed by atoms with E-state index in [0.717, 1.165) is 38.3 Å². The summed E-state index contributed by atoms with van der Waals surface area (Å²) in [6.07, 6.45) is -0.491. The van der Waals surface area contributed by atoms with Crippen molar-refractivity contribution in [3.63, 3.8) is 0 Å². The van der Waals surface area contributed by atoms with Crippen LogP contribution >= 0.6 is 11.6 Å². The summed E-state index contributed by atoms with van der Waals surface area (Å²) in [5.41, 5.74) is 0.875. The first-order chi connectivity index (χ1) is 9.19. The Labute approximate surface area is 118 Å². The Morgan fingerprint density at radius 2 is 2.05 bits per heavy atom. The van der Waals surface area contributed by atoms with Crippen LogP contribution in [0, 0.1) is 0 Å². The minimum Gasteiger partial charge on any atom is -0.495 e. The number of ether oxygens (including phenoxy) is 1.